The SMILES string of the molecule is CC(CN(C)C(=O)C(C)(C)c1cccc(Br)c1)C(=O)O. The van der Waals surface area contributed by atoms with E-state index in [1.165, 1.54) is 4.90 Å². The Morgan fingerprint density at radius 2 is 2.00 bits per heavy atom. The predicted octanol–water partition coefficient (Wildman–Crippen LogP) is 2.91. The van der Waals surface area contributed by atoms with Crippen molar-refractivity contribution >= 4 is 27.8 Å². The van der Waals surface area contributed by atoms with Gasteiger partial charge in [0.15, 0.2) is 0 Å². The van der Waals surface area contributed by atoms with Crippen LogP contribution in [-0.2, 0) is 15.0 Å². The Morgan fingerprint density at radius 3 is 2.50 bits per heavy atom. The van der Waals surface area contributed by atoms with Gasteiger partial charge < -0.3 is 10.0 Å². The Kier molecular flexibility index (Phi) is 5.34. The maximum absolute atomic E-state index is 12.6. The third kappa shape index (κ3) is 3.82. The number of likely N-dealkylation sites (N-methyl/N-ethyl adjacent to an activating group) is 1. The van der Waals surface area contributed by atoms with Crippen molar-refractivity contribution in [3.63, 3.8) is 0 Å². The van der Waals surface area contributed by atoms with Gasteiger partial charge in [0, 0.05) is 18.1 Å². The fourth-order valence-corrected chi connectivity index (χ4v) is 2.45. The Hall–Kier alpha value is -1.36. The number of aliphatic carboxylic acids is 1. The van der Waals surface area contributed by atoms with Crippen molar-refractivity contribution in [3.8, 4) is 0 Å². The summed E-state index contributed by atoms with van der Waals surface area (Å²) < 4.78 is 0.914. The Balaban J connectivity index is 2.91. The molecule has 110 valence electrons. The molecule has 20 heavy (non-hydrogen) atoms. The number of amides is 1. The van der Waals surface area contributed by atoms with Crippen LogP contribution in [0.3, 0.4) is 0 Å². The van der Waals surface area contributed by atoms with Crippen molar-refractivity contribution in [1.82, 2.24) is 4.90 Å². The highest BCUT2D eigenvalue weighted by atomic mass is 79.9. The smallest absolute Gasteiger partial charge is 0.308 e. The molecule has 0 aliphatic rings. The summed E-state index contributed by atoms with van der Waals surface area (Å²) in [6, 6.07) is 7.60. The molecule has 0 saturated carbocycles. The van der Waals surface area contributed by atoms with E-state index in [0.29, 0.717) is 0 Å². The molecule has 0 spiro atoms. The van der Waals surface area contributed by atoms with Crippen molar-refractivity contribution in [2.24, 2.45) is 5.92 Å². The van der Waals surface area contributed by atoms with E-state index in [1.54, 1.807) is 14.0 Å². The molecule has 4 nitrogen and oxygen atoms in total. The fraction of sp³-hybridized carbons (Fsp3) is 0.467. The van der Waals surface area contributed by atoms with Crippen molar-refractivity contribution in [1.29, 1.82) is 0 Å². The molecule has 0 saturated heterocycles. The first-order valence-corrected chi connectivity index (χ1v) is 7.20. The van der Waals surface area contributed by atoms with Gasteiger partial charge in [0.25, 0.3) is 0 Å². The summed E-state index contributed by atoms with van der Waals surface area (Å²) in [4.78, 5) is 24.9. The number of carbonyl (C=O) groups is 2. The summed E-state index contributed by atoms with van der Waals surface area (Å²) in [5.41, 5.74) is 0.197. The van der Waals surface area contributed by atoms with Crippen LogP contribution in [0.4, 0.5) is 0 Å². The fourth-order valence-electron chi connectivity index (χ4n) is 2.05. The van der Waals surface area contributed by atoms with Gasteiger partial charge in [-0.1, -0.05) is 35.0 Å². The summed E-state index contributed by atoms with van der Waals surface area (Å²) in [5.74, 6) is -1.57. The molecule has 0 aromatic heterocycles. The Morgan fingerprint density at radius 1 is 1.40 bits per heavy atom. The molecule has 1 unspecified atom stereocenters. The average molecular weight is 342 g/mol. The van der Waals surface area contributed by atoms with E-state index in [4.69, 9.17) is 5.11 Å². The monoisotopic (exact) mass is 341 g/mol. The summed E-state index contributed by atoms with van der Waals surface area (Å²) in [6.45, 7) is 5.49. The molecule has 1 N–H and O–H groups in total. The number of hydrogen-bond donors (Lipinski definition) is 1. The lowest BCUT2D eigenvalue weighted by molar-refractivity contribution is -0.143. The van der Waals surface area contributed by atoms with Crippen LogP contribution in [0.25, 0.3) is 0 Å². The van der Waals surface area contributed by atoms with Crippen LogP contribution in [0.2, 0.25) is 0 Å². The highest BCUT2D eigenvalue weighted by molar-refractivity contribution is 9.10. The van der Waals surface area contributed by atoms with Crippen molar-refractivity contribution in [3.05, 3.63) is 34.3 Å². The Labute approximate surface area is 127 Å². The Bertz CT molecular complexity index is 514. The summed E-state index contributed by atoms with van der Waals surface area (Å²) >= 11 is 3.40. The highest BCUT2D eigenvalue weighted by Crippen LogP contribution is 2.27. The minimum Gasteiger partial charge on any atom is -0.481 e. The van der Waals surface area contributed by atoms with E-state index in [2.05, 4.69) is 15.9 Å². The third-order valence-electron chi connectivity index (χ3n) is 3.40. The number of hydrogen-bond acceptors (Lipinski definition) is 2. The zero-order valence-electron chi connectivity index (χ0n) is 12.2. The number of carboxylic acid groups (broad SMARTS) is 1. The van der Waals surface area contributed by atoms with E-state index in [-0.39, 0.29) is 12.5 Å². The maximum atomic E-state index is 12.6. The van der Waals surface area contributed by atoms with E-state index in [1.807, 2.05) is 38.1 Å². The molecule has 1 amide bonds. The van der Waals surface area contributed by atoms with Crippen molar-refractivity contribution in [2.75, 3.05) is 13.6 Å². The van der Waals surface area contributed by atoms with Crippen LogP contribution in [0.15, 0.2) is 28.7 Å². The molecule has 0 aliphatic heterocycles. The lowest BCUT2D eigenvalue weighted by Crippen LogP contribution is -2.44. The van der Waals surface area contributed by atoms with Gasteiger partial charge in [-0.3, -0.25) is 9.59 Å². The van der Waals surface area contributed by atoms with E-state index in [0.717, 1.165) is 10.0 Å². The zero-order chi connectivity index (χ0) is 15.5. The van der Waals surface area contributed by atoms with Crippen molar-refractivity contribution in [2.45, 2.75) is 26.2 Å². The van der Waals surface area contributed by atoms with Gasteiger partial charge in [-0.25, -0.2) is 0 Å². The first kappa shape index (κ1) is 16.7. The van der Waals surface area contributed by atoms with Crippen LogP contribution in [0.5, 0.6) is 0 Å². The maximum Gasteiger partial charge on any atom is 0.308 e. The quantitative estimate of drug-likeness (QED) is 0.895. The molecule has 1 atom stereocenters. The highest BCUT2D eigenvalue weighted by Gasteiger charge is 2.33. The van der Waals surface area contributed by atoms with Gasteiger partial charge >= 0.3 is 5.97 Å². The molecule has 5 heteroatoms. The van der Waals surface area contributed by atoms with E-state index in [9.17, 15) is 9.59 Å². The topological polar surface area (TPSA) is 57.6 Å². The number of carbonyl (C=O) groups excluding carboxylic acids is 1. The summed E-state index contributed by atoms with van der Waals surface area (Å²) in [6.07, 6.45) is 0. The molecule has 1 aromatic carbocycles. The molecular formula is C15H20BrNO3. The summed E-state index contributed by atoms with van der Waals surface area (Å²) in [5, 5.41) is 8.92. The average Bonchev–Trinajstić information content (AvgIpc) is 2.37. The van der Waals surface area contributed by atoms with Crippen LogP contribution in [0.1, 0.15) is 26.3 Å². The van der Waals surface area contributed by atoms with Crippen LogP contribution < -0.4 is 0 Å². The lowest BCUT2D eigenvalue weighted by Gasteiger charge is -2.30. The standard InChI is InChI=1S/C15H20BrNO3/c1-10(13(18)19)9-17(4)14(20)15(2,3)11-6-5-7-12(16)8-11/h5-8,10H,9H2,1-4H3,(H,18,19). The second kappa shape index (κ2) is 6.39. The normalized spacial score (nSPS) is 12.8. The number of benzene rings is 1. The van der Waals surface area contributed by atoms with Gasteiger partial charge in [0.05, 0.1) is 11.3 Å². The zero-order valence-corrected chi connectivity index (χ0v) is 13.8. The summed E-state index contributed by atoms with van der Waals surface area (Å²) in [7, 11) is 1.64. The third-order valence-corrected chi connectivity index (χ3v) is 3.89. The number of rotatable bonds is 5. The molecule has 0 heterocycles. The van der Waals surface area contributed by atoms with Gasteiger partial charge in [-0.15, -0.1) is 0 Å². The lowest BCUT2D eigenvalue weighted by atomic mass is 9.83. The number of carboxylic acids is 1. The van der Waals surface area contributed by atoms with Crippen LogP contribution in [-0.4, -0.2) is 35.5 Å². The first-order chi connectivity index (χ1) is 9.16. The van der Waals surface area contributed by atoms with Gasteiger partial charge in [-0.05, 0) is 31.5 Å². The minimum atomic E-state index is -0.898. The van der Waals surface area contributed by atoms with Gasteiger partial charge in [-0.2, -0.15) is 0 Å². The molecule has 0 fully saturated rings. The van der Waals surface area contributed by atoms with E-state index < -0.39 is 17.3 Å². The first-order valence-electron chi connectivity index (χ1n) is 6.40. The van der Waals surface area contributed by atoms with E-state index >= 15 is 0 Å². The number of nitrogens with zero attached hydrogens (tertiary/aromatic N) is 1. The van der Waals surface area contributed by atoms with Crippen LogP contribution in [0, 0.1) is 5.92 Å². The molecular weight excluding hydrogens is 322 g/mol. The molecule has 0 radical (unpaired) electrons. The second-order valence-corrected chi connectivity index (χ2v) is 6.48. The largest absolute Gasteiger partial charge is 0.481 e. The van der Waals surface area contributed by atoms with Crippen molar-refractivity contribution < 1.29 is 14.7 Å². The molecule has 0 aliphatic carbocycles. The molecule has 1 rings (SSSR count). The van der Waals surface area contributed by atoms with Gasteiger partial charge in [0.2, 0.25) is 5.91 Å². The molecule has 0 bridgehead atoms. The number of halogens is 1. The molecule has 1 aromatic rings. The van der Waals surface area contributed by atoms with Gasteiger partial charge in [0.1, 0.15) is 0 Å². The minimum absolute atomic E-state index is 0.0938. The second-order valence-electron chi connectivity index (χ2n) is 5.56. The predicted molar refractivity (Wildman–Crippen MR) is 81.6 cm³/mol. The van der Waals surface area contributed by atoms with Crippen LogP contribution >= 0.6 is 15.9 Å².